The molecule has 166 valence electrons. The van der Waals surface area contributed by atoms with Crippen molar-refractivity contribution in [3.63, 3.8) is 0 Å². The van der Waals surface area contributed by atoms with E-state index in [1.165, 1.54) is 27.4 Å². The molecule has 0 amide bonds. The number of rotatable bonds is 6. The van der Waals surface area contributed by atoms with Gasteiger partial charge in [0, 0.05) is 17.2 Å². The lowest BCUT2D eigenvalue weighted by Gasteiger charge is -2.13. The van der Waals surface area contributed by atoms with Crippen LogP contribution in [0.5, 0.6) is 23.0 Å². The number of phenols is 1. The Labute approximate surface area is 184 Å². The molecule has 0 aliphatic heterocycles. The lowest BCUT2D eigenvalue weighted by Crippen LogP contribution is -2.08. The Morgan fingerprint density at radius 1 is 1.00 bits per heavy atom. The van der Waals surface area contributed by atoms with Gasteiger partial charge in [0.15, 0.2) is 17.3 Å². The average molecular weight is 436 g/mol. The summed E-state index contributed by atoms with van der Waals surface area (Å²) in [5.74, 6) is 0.972. The van der Waals surface area contributed by atoms with E-state index in [0.29, 0.717) is 57.7 Å². The summed E-state index contributed by atoms with van der Waals surface area (Å²) < 4.78 is 21.4. The molecule has 3 aromatic rings. The molecule has 0 spiro atoms. The Balaban J connectivity index is 1.79. The van der Waals surface area contributed by atoms with Crippen molar-refractivity contribution in [3.05, 3.63) is 62.5 Å². The number of methoxy groups -OCH3 is 3. The van der Waals surface area contributed by atoms with E-state index in [0.717, 1.165) is 12.0 Å². The molecule has 7 heteroatoms. The van der Waals surface area contributed by atoms with Crippen LogP contribution in [-0.2, 0) is 12.8 Å². The molecule has 7 nitrogen and oxygen atoms in total. The number of carbonyl (C=O) groups is 1. The van der Waals surface area contributed by atoms with Gasteiger partial charge in [-0.3, -0.25) is 4.79 Å². The Morgan fingerprint density at radius 2 is 1.66 bits per heavy atom. The van der Waals surface area contributed by atoms with Gasteiger partial charge in [-0.1, -0.05) is 0 Å². The second kappa shape index (κ2) is 8.42. The lowest BCUT2D eigenvalue weighted by molar-refractivity contribution is 0.104. The second-order valence-corrected chi connectivity index (χ2v) is 7.64. The number of phenolic OH excluding ortho intramolecular Hbond substituents is 1. The number of allylic oxidation sites excluding steroid dienone is 1. The average Bonchev–Trinajstić information content (AvgIpc) is 3.27. The molecule has 2 aromatic carbocycles. The van der Waals surface area contributed by atoms with Crippen molar-refractivity contribution in [2.24, 2.45) is 0 Å². The maximum atomic E-state index is 13.1. The predicted molar refractivity (Wildman–Crippen MR) is 120 cm³/mol. The Kier molecular flexibility index (Phi) is 5.65. The highest BCUT2D eigenvalue weighted by atomic mass is 16.5. The molecule has 1 aliphatic carbocycles. The Bertz CT molecular complexity index is 1310. The van der Waals surface area contributed by atoms with Crippen LogP contribution in [0, 0.1) is 6.92 Å². The molecule has 1 N–H and O–H groups in total. The molecule has 1 heterocycles. The molecule has 1 aliphatic rings. The standard InChI is InChI=1S/C25H24O7/c1-13-10-21-23(15-6-5-7-16(15)25(28)32-21)24(27)22(13)17(26)9-8-14-11-19(30-3)20(31-4)12-18(14)29-2/h8-12,27H,5-7H2,1-4H3/b9-8+. The van der Waals surface area contributed by atoms with Crippen molar-refractivity contribution in [3.8, 4) is 23.0 Å². The fourth-order valence-corrected chi connectivity index (χ4v) is 4.29. The number of ether oxygens (including phenoxy) is 3. The molecule has 0 radical (unpaired) electrons. The molecule has 0 fully saturated rings. The van der Waals surface area contributed by atoms with Crippen LogP contribution in [0.4, 0.5) is 0 Å². The summed E-state index contributed by atoms with van der Waals surface area (Å²) in [7, 11) is 4.57. The zero-order chi connectivity index (χ0) is 23.0. The number of carbonyl (C=O) groups excluding carboxylic acids is 1. The molecule has 1 aromatic heterocycles. The van der Waals surface area contributed by atoms with E-state index in [4.69, 9.17) is 18.6 Å². The highest BCUT2D eigenvalue weighted by Crippen LogP contribution is 2.38. The SMILES string of the molecule is COc1cc(OC)c(OC)cc1/C=C/C(=O)c1c(C)cc2oc(=O)c3c(c2c1O)CCC3. The van der Waals surface area contributed by atoms with Gasteiger partial charge in [0.05, 0.1) is 32.3 Å². The van der Waals surface area contributed by atoms with Crippen molar-refractivity contribution < 1.29 is 28.5 Å². The molecule has 0 saturated carbocycles. The highest BCUT2D eigenvalue weighted by Gasteiger charge is 2.25. The minimum Gasteiger partial charge on any atom is -0.506 e. The first-order valence-electron chi connectivity index (χ1n) is 10.2. The number of hydrogen-bond donors (Lipinski definition) is 1. The predicted octanol–water partition coefficient (Wildman–Crippen LogP) is 4.22. The monoisotopic (exact) mass is 436 g/mol. The summed E-state index contributed by atoms with van der Waals surface area (Å²) in [6.45, 7) is 1.70. The van der Waals surface area contributed by atoms with Crippen LogP contribution < -0.4 is 19.8 Å². The largest absolute Gasteiger partial charge is 0.506 e. The van der Waals surface area contributed by atoms with Crippen molar-refractivity contribution in [2.75, 3.05) is 21.3 Å². The van der Waals surface area contributed by atoms with E-state index in [-0.39, 0.29) is 22.7 Å². The summed E-state index contributed by atoms with van der Waals surface area (Å²) in [5.41, 5.74) is 2.59. The summed E-state index contributed by atoms with van der Waals surface area (Å²) in [4.78, 5) is 25.3. The zero-order valence-corrected chi connectivity index (χ0v) is 18.4. The zero-order valence-electron chi connectivity index (χ0n) is 18.4. The molecule has 0 unspecified atom stereocenters. The third-order valence-corrected chi connectivity index (χ3v) is 5.83. The summed E-state index contributed by atoms with van der Waals surface area (Å²) >= 11 is 0. The first kappa shape index (κ1) is 21.5. The molecule has 0 saturated heterocycles. The molecular weight excluding hydrogens is 412 g/mol. The van der Waals surface area contributed by atoms with Gasteiger partial charge in [0.2, 0.25) is 0 Å². The van der Waals surface area contributed by atoms with Gasteiger partial charge in [0.1, 0.15) is 17.1 Å². The van der Waals surface area contributed by atoms with Crippen LogP contribution >= 0.6 is 0 Å². The quantitative estimate of drug-likeness (QED) is 0.351. The van der Waals surface area contributed by atoms with E-state index in [1.807, 2.05) is 0 Å². The minimum absolute atomic E-state index is 0.157. The van der Waals surface area contributed by atoms with Gasteiger partial charge >= 0.3 is 5.63 Å². The van der Waals surface area contributed by atoms with Gasteiger partial charge < -0.3 is 23.7 Å². The third kappa shape index (κ3) is 3.49. The second-order valence-electron chi connectivity index (χ2n) is 7.64. The molecule has 32 heavy (non-hydrogen) atoms. The van der Waals surface area contributed by atoms with Crippen LogP contribution in [0.1, 0.15) is 39.0 Å². The Hall–Kier alpha value is -3.74. The van der Waals surface area contributed by atoms with Crippen molar-refractivity contribution >= 4 is 22.8 Å². The van der Waals surface area contributed by atoms with Crippen molar-refractivity contribution in [1.29, 1.82) is 0 Å². The lowest BCUT2D eigenvalue weighted by atomic mass is 9.96. The Morgan fingerprint density at radius 3 is 2.34 bits per heavy atom. The fourth-order valence-electron chi connectivity index (χ4n) is 4.29. The summed E-state index contributed by atoms with van der Waals surface area (Å²) in [5, 5.41) is 11.5. The molecule has 0 atom stereocenters. The van der Waals surface area contributed by atoms with Crippen LogP contribution in [0.25, 0.3) is 17.0 Å². The third-order valence-electron chi connectivity index (χ3n) is 5.83. The van der Waals surface area contributed by atoms with Gasteiger partial charge in [0.25, 0.3) is 0 Å². The van der Waals surface area contributed by atoms with Crippen molar-refractivity contribution in [1.82, 2.24) is 0 Å². The van der Waals surface area contributed by atoms with E-state index in [9.17, 15) is 14.7 Å². The first-order valence-corrected chi connectivity index (χ1v) is 10.2. The molecular formula is C25H24O7. The summed E-state index contributed by atoms with van der Waals surface area (Å²) in [6.07, 6.45) is 5.07. The van der Waals surface area contributed by atoms with E-state index < -0.39 is 0 Å². The number of aryl methyl sites for hydroxylation is 2. The van der Waals surface area contributed by atoms with Crippen LogP contribution in [0.3, 0.4) is 0 Å². The van der Waals surface area contributed by atoms with Crippen molar-refractivity contribution in [2.45, 2.75) is 26.2 Å². The van der Waals surface area contributed by atoms with Gasteiger partial charge in [-0.15, -0.1) is 0 Å². The number of hydrogen-bond acceptors (Lipinski definition) is 7. The molecule has 4 rings (SSSR count). The van der Waals surface area contributed by atoms with Gasteiger partial charge in [-0.2, -0.15) is 0 Å². The minimum atomic E-state index is -0.378. The number of ketones is 1. The number of benzene rings is 2. The van der Waals surface area contributed by atoms with Gasteiger partial charge in [-0.05, 0) is 61.6 Å². The van der Waals surface area contributed by atoms with Crippen LogP contribution in [0.2, 0.25) is 0 Å². The van der Waals surface area contributed by atoms with Gasteiger partial charge in [-0.25, -0.2) is 4.79 Å². The molecule has 0 bridgehead atoms. The normalized spacial score (nSPS) is 12.9. The number of fused-ring (bicyclic) bond motifs is 3. The maximum Gasteiger partial charge on any atom is 0.339 e. The van der Waals surface area contributed by atoms with Crippen LogP contribution in [-0.4, -0.2) is 32.2 Å². The van der Waals surface area contributed by atoms with Crippen LogP contribution in [0.15, 0.2) is 33.5 Å². The topological polar surface area (TPSA) is 95.2 Å². The highest BCUT2D eigenvalue weighted by molar-refractivity contribution is 6.13. The summed E-state index contributed by atoms with van der Waals surface area (Å²) in [6, 6.07) is 5.01. The van der Waals surface area contributed by atoms with E-state index in [2.05, 4.69) is 0 Å². The number of aromatic hydroxyl groups is 1. The van der Waals surface area contributed by atoms with E-state index in [1.54, 1.807) is 31.2 Å². The fraction of sp³-hybridized carbons (Fsp3) is 0.280. The smallest absolute Gasteiger partial charge is 0.339 e. The first-order chi connectivity index (χ1) is 15.4. The maximum absolute atomic E-state index is 13.1. The van der Waals surface area contributed by atoms with E-state index >= 15 is 0 Å².